The molecule has 0 fully saturated rings. The molecule has 2 rings (SSSR count). The van der Waals surface area contributed by atoms with Crippen LogP contribution in [0.5, 0.6) is 5.88 Å². The molecular formula is C12H13N3O4. The molecule has 2 aromatic heterocycles. The van der Waals surface area contributed by atoms with Gasteiger partial charge in [0.1, 0.15) is 12.4 Å². The number of nitrogens with zero attached hydrogens (tertiary/aromatic N) is 3. The summed E-state index contributed by atoms with van der Waals surface area (Å²) in [5.41, 5.74) is 2.03. The number of pyridine rings is 1. The summed E-state index contributed by atoms with van der Waals surface area (Å²) in [4.78, 5) is 14.4. The number of rotatable bonds is 4. The van der Waals surface area contributed by atoms with E-state index < -0.39 is 4.92 Å². The lowest BCUT2D eigenvalue weighted by molar-refractivity contribution is -0.386. The van der Waals surface area contributed by atoms with E-state index in [1.165, 1.54) is 12.3 Å². The largest absolute Gasteiger partial charge is 0.468 e. The Labute approximate surface area is 109 Å². The molecule has 0 bridgehead atoms. The van der Waals surface area contributed by atoms with E-state index in [9.17, 15) is 10.1 Å². The van der Waals surface area contributed by atoms with E-state index in [2.05, 4.69) is 10.1 Å². The number of ether oxygens (including phenoxy) is 1. The third kappa shape index (κ3) is 2.70. The summed E-state index contributed by atoms with van der Waals surface area (Å²) in [6.07, 6.45) is 1.52. The molecule has 0 atom stereocenters. The molecule has 7 heteroatoms. The molecule has 0 N–H and O–H groups in total. The van der Waals surface area contributed by atoms with E-state index in [0.29, 0.717) is 17.0 Å². The van der Waals surface area contributed by atoms with Crippen LogP contribution in [0.2, 0.25) is 0 Å². The number of aromatic nitrogens is 2. The smallest absolute Gasteiger partial charge is 0.331 e. The van der Waals surface area contributed by atoms with Crippen molar-refractivity contribution >= 4 is 5.69 Å². The van der Waals surface area contributed by atoms with Crippen molar-refractivity contribution in [2.45, 2.75) is 27.4 Å². The van der Waals surface area contributed by atoms with Gasteiger partial charge < -0.3 is 9.26 Å². The first-order valence-corrected chi connectivity index (χ1v) is 5.64. The van der Waals surface area contributed by atoms with Gasteiger partial charge in [0.2, 0.25) is 0 Å². The molecule has 0 amide bonds. The predicted octanol–water partition coefficient (Wildman–Crippen LogP) is 2.48. The van der Waals surface area contributed by atoms with E-state index in [1.807, 2.05) is 0 Å². The van der Waals surface area contributed by atoms with E-state index in [0.717, 1.165) is 5.56 Å². The highest BCUT2D eigenvalue weighted by Gasteiger charge is 2.18. The van der Waals surface area contributed by atoms with Gasteiger partial charge in [-0.3, -0.25) is 10.1 Å². The second-order valence-electron chi connectivity index (χ2n) is 4.19. The fraction of sp³-hybridized carbons (Fsp3) is 0.333. The number of aryl methyl sites for hydroxylation is 3. The van der Waals surface area contributed by atoms with Gasteiger partial charge in [0.05, 0.1) is 16.2 Å². The van der Waals surface area contributed by atoms with Crippen molar-refractivity contribution in [3.63, 3.8) is 0 Å². The van der Waals surface area contributed by atoms with Crippen LogP contribution in [-0.2, 0) is 6.61 Å². The van der Waals surface area contributed by atoms with Crippen LogP contribution in [0.15, 0.2) is 16.8 Å². The normalized spacial score (nSPS) is 10.5. The van der Waals surface area contributed by atoms with Gasteiger partial charge in [-0.25, -0.2) is 4.98 Å². The standard InChI is InChI=1S/C12H13N3O4/c1-7-4-11(15(16)17)12(13-5-7)18-6-10-8(2)14-19-9(10)3/h4-5H,6H2,1-3H3. The van der Waals surface area contributed by atoms with Crippen molar-refractivity contribution in [2.24, 2.45) is 0 Å². The average Bonchev–Trinajstić information content (AvgIpc) is 2.68. The van der Waals surface area contributed by atoms with Crippen LogP contribution in [0, 0.1) is 30.9 Å². The summed E-state index contributed by atoms with van der Waals surface area (Å²) < 4.78 is 10.4. The van der Waals surface area contributed by atoms with Gasteiger partial charge in [0.15, 0.2) is 0 Å². The molecule has 19 heavy (non-hydrogen) atoms. The minimum Gasteiger partial charge on any atom is -0.468 e. The average molecular weight is 263 g/mol. The number of nitro groups is 1. The maximum Gasteiger partial charge on any atom is 0.331 e. The lowest BCUT2D eigenvalue weighted by atomic mass is 10.2. The molecule has 0 aromatic carbocycles. The quantitative estimate of drug-likeness (QED) is 0.621. The fourth-order valence-electron chi connectivity index (χ4n) is 1.63. The molecule has 0 aliphatic carbocycles. The summed E-state index contributed by atoms with van der Waals surface area (Å²) >= 11 is 0. The monoisotopic (exact) mass is 263 g/mol. The zero-order valence-electron chi connectivity index (χ0n) is 10.8. The van der Waals surface area contributed by atoms with E-state index >= 15 is 0 Å². The van der Waals surface area contributed by atoms with Crippen LogP contribution in [0.1, 0.15) is 22.6 Å². The third-order valence-corrected chi connectivity index (χ3v) is 2.70. The number of hydrogen-bond acceptors (Lipinski definition) is 6. The molecule has 100 valence electrons. The molecule has 2 aromatic rings. The Balaban J connectivity index is 2.23. The van der Waals surface area contributed by atoms with Crippen molar-refractivity contribution in [1.82, 2.24) is 10.1 Å². The predicted molar refractivity (Wildman–Crippen MR) is 65.9 cm³/mol. The Morgan fingerprint density at radius 1 is 1.42 bits per heavy atom. The molecule has 0 saturated heterocycles. The number of hydrogen-bond donors (Lipinski definition) is 0. The Kier molecular flexibility index (Phi) is 3.46. The van der Waals surface area contributed by atoms with Gasteiger partial charge in [-0.2, -0.15) is 0 Å². The fourth-order valence-corrected chi connectivity index (χ4v) is 1.63. The highest BCUT2D eigenvalue weighted by molar-refractivity contribution is 5.42. The third-order valence-electron chi connectivity index (χ3n) is 2.70. The molecular weight excluding hydrogens is 250 g/mol. The first-order valence-electron chi connectivity index (χ1n) is 5.64. The summed E-state index contributed by atoms with van der Waals surface area (Å²) in [5.74, 6) is 0.628. The minimum atomic E-state index is -0.511. The lowest BCUT2D eigenvalue weighted by Gasteiger charge is -2.05. The van der Waals surface area contributed by atoms with Crippen molar-refractivity contribution in [1.29, 1.82) is 0 Å². The maximum absolute atomic E-state index is 10.9. The Morgan fingerprint density at radius 2 is 2.16 bits per heavy atom. The van der Waals surface area contributed by atoms with Crippen molar-refractivity contribution in [3.05, 3.63) is 45.0 Å². The van der Waals surface area contributed by atoms with E-state index in [-0.39, 0.29) is 18.2 Å². The molecule has 0 unspecified atom stereocenters. The van der Waals surface area contributed by atoms with Crippen LogP contribution < -0.4 is 4.74 Å². The highest BCUT2D eigenvalue weighted by Crippen LogP contribution is 2.26. The first kappa shape index (κ1) is 13.0. The van der Waals surface area contributed by atoms with Crippen LogP contribution in [0.3, 0.4) is 0 Å². The minimum absolute atomic E-state index is 0.00407. The Hall–Kier alpha value is -2.44. The SMILES string of the molecule is Cc1cnc(OCc2c(C)noc2C)c([N+](=O)[O-])c1. The Morgan fingerprint density at radius 3 is 2.74 bits per heavy atom. The van der Waals surface area contributed by atoms with Gasteiger partial charge in [-0.15, -0.1) is 0 Å². The molecule has 7 nitrogen and oxygen atoms in total. The van der Waals surface area contributed by atoms with Gasteiger partial charge in [-0.05, 0) is 26.3 Å². The first-order chi connectivity index (χ1) is 8.99. The lowest BCUT2D eigenvalue weighted by Crippen LogP contribution is -2.02. The molecule has 0 spiro atoms. The van der Waals surface area contributed by atoms with Crippen molar-refractivity contribution in [3.8, 4) is 5.88 Å². The molecule has 0 aliphatic rings. The van der Waals surface area contributed by atoms with Crippen LogP contribution in [-0.4, -0.2) is 15.1 Å². The summed E-state index contributed by atoms with van der Waals surface area (Å²) in [7, 11) is 0. The van der Waals surface area contributed by atoms with E-state index in [1.54, 1.807) is 20.8 Å². The molecule has 0 radical (unpaired) electrons. The van der Waals surface area contributed by atoms with Crippen molar-refractivity contribution in [2.75, 3.05) is 0 Å². The van der Waals surface area contributed by atoms with Crippen LogP contribution in [0.4, 0.5) is 5.69 Å². The van der Waals surface area contributed by atoms with Gasteiger partial charge in [0, 0.05) is 12.3 Å². The molecule has 0 saturated carbocycles. The van der Waals surface area contributed by atoms with E-state index in [4.69, 9.17) is 9.26 Å². The maximum atomic E-state index is 10.9. The summed E-state index contributed by atoms with van der Waals surface area (Å²) in [6, 6.07) is 1.43. The van der Waals surface area contributed by atoms with Gasteiger partial charge in [-0.1, -0.05) is 5.16 Å². The summed E-state index contributed by atoms with van der Waals surface area (Å²) in [5, 5.41) is 14.7. The highest BCUT2D eigenvalue weighted by atomic mass is 16.6. The Bertz CT molecular complexity index is 602. The van der Waals surface area contributed by atoms with Crippen LogP contribution >= 0.6 is 0 Å². The van der Waals surface area contributed by atoms with Crippen LogP contribution in [0.25, 0.3) is 0 Å². The van der Waals surface area contributed by atoms with Crippen molar-refractivity contribution < 1.29 is 14.2 Å². The van der Waals surface area contributed by atoms with Gasteiger partial charge >= 0.3 is 5.69 Å². The summed E-state index contributed by atoms with van der Waals surface area (Å²) in [6.45, 7) is 5.41. The second kappa shape index (κ2) is 5.05. The second-order valence-corrected chi connectivity index (χ2v) is 4.19. The molecule has 0 aliphatic heterocycles. The zero-order valence-corrected chi connectivity index (χ0v) is 10.8. The molecule has 2 heterocycles. The zero-order chi connectivity index (χ0) is 14.0. The van der Waals surface area contributed by atoms with Gasteiger partial charge in [0.25, 0.3) is 5.88 Å². The topological polar surface area (TPSA) is 91.3 Å².